The number of hydrogen-bond acceptors (Lipinski definition) is 6. The summed E-state index contributed by atoms with van der Waals surface area (Å²) in [4.78, 5) is 52.6. The highest BCUT2D eigenvalue weighted by Crippen LogP contribution is 2.37. The van der Waals surface area contributed by atoms with E-state index >= 15 is 0 Å². The lowest BCUT2D eigenvalue weighted by Crippen LogP contribution is -2.58. The van der Waals surface area contributed by atoms with Crippen molar-refractivity contribution < 1.29 is 28.7 Å². The molecule has 1 aromatic carbocycles. The average Bonchev–Trinajstić information content (AvgIpc) is 3.36. The normalized spacial score (nSPS) is 18.5. The van der Waals surface area contributed by atoms with Gasteiger partial charge in [0.1, 0.15) is 18.4 Å². The number of carbonyl (C=O) groups is 4. The third-order valence-corrected chi connectivity index (χ3v) is 13.5. The van der Waals surface area contributed by atoms with Crippen molar-refractivity contribution in [2.24, 2.45) is 5.41 Å². The minimum atomic E-state index is -2.16. The number of terminal acetylenes is 1. The minimum absolute atomic E-state index is 0.00188. The van der Waals surface area contributed by atoms with E-state index in [1.165, 1.54) is 4.90 Å². The van der Waals surface area contributed by atoms with Crippen LogP contribution in [0.3, 0.4) is 0 Å². The van der Waals surface area contributed by atoms with E-state index in [4.69, 9.17) is 10.8 Å². The molecule has 1 aliphatic rings. The summed E-state index contributed by atoms with van der Waals surface area (Å²) in [5.41, 5.74) is 0.908. The summed E-state index contributed by atoms with van der Waals surface area (Å²) >= 11 is 0. The molecular formula is C35H55N3O6Si. The molecule has 0 aromatic heterocycles. The van der Waals surface area contributed by atoms with Gasteiger partial charge < -0.3 is 29.9 Å². The molecule has 4 atom stereocenters. The van der Waals surface area contributed by atoms with Gasteiger partial charge in [-0.3, -0.25) is 14.4 Å². The molecule has 0 radical (unpaired) electrons. The van der Waals surface area contributed by atoms with Gasteiger partial charge >= 0.3 is 0 Å². The van der Waals surface area contributed by atoms with E-state index in [-0.39, 0.29) is 42.8 Å². The maximum Gasteiger partial charge on any atom is 0.246 e. The number of unbranched alkanes of at least 4 members (excludes halogenated alkanes) is 4. The van der Waals surface area contributed by atoms with Gasteiger partial charge in [0.15, 0.2) is 8.32 Å². The second kappa shape index (κ2) is 16.5. The second-order valence-corrected chi connectivity index (χ2v) is 19.6. The molecule has 0 unspecified atom stereocenters. The molecule has 1 saturated heterocycles. The lowest BCUT2D eigenvalue weighted by atomic mass is 9.85. The predicted octanol–water partition coefficient (Wildman–Crippen LogP) is 4.88. The molecule has 2 rings (SSSR count). The number of likely N-dealkylation sites (tertiary alicyclic amines) is 1. The van der Waals surface area contributed by atoms with E-state index in [1.807, 2.05) is 45.0 Å². The minimum Gasteiger partial charge on any atom is -0.414 e. The first kappa shape index (κ1) is 38.2. The second-order valence-electron chi connectivity index (χ2n) is 14.8. The molecule has 0 spiro atoms. The van der Waals surface area contributed by atoms with E-state index in [0.29, 0.717) is 12.8 Å². The molecule has 10 heteroatoms. The largest absolute Gasteiger partial charge is 0.414 e. The topological polar surface area (TPSA) is 125 Å². The van der Waals surface area contributed by atoms with Crippen LogP contribution >= 0.6 is 0 Å². The van der Waals surface area contributed by atoms with Crippen molar-refractivity contribution in [1.29, 1.82) is 0 Å². The van der Waals surface area contributed by atoms with Gasteiger partial charge in [-0.25, -0.2) is 0 Å². The van der Waals surface area contributed by atoms with Crippen LogP contribution in [0, 0.1) is 17.8 Å². The fourth-order valence-corrected chi connectivity index (χ4v) is 6.05. The number of carbonyl (C=O) groups excluding carboxylic acids is 4. The number of aldehydes is 1. The van der Waals surface area contributed by atoms with Crippen molar-refractivity contribution in [3.63, 3.8) is 0 Å². The Balaban J connectivity index is 2.23. The van der Waals surface area contributed by atoms with Crippen LogP contribution in [0.4, 0.5) is 0 Å². The van der Waals surface area contributed by atoms with Gasteiger partial charge in [-0.05, 0) is 54.1 Å². The number of β-amino-alcohol motifs (C(OH)–C–C–N with tert-alkyl or cyclic N) is 1. The van der Waals surface area contributed by atoms with E-state index in [2.05, 4.69) is 50.4 Å². The van der Waals surface area contributed by atoms with Crippen LogP contribution in [0.5, 0.6) is 0 Å². The van der Waals surface area contributed by atoms with Crippen molar-refractivity contribution in [3.05, 3.63) is 35.4 Å². The van der Waals surface area contributed by atoms with Crippen LogP contribution in [-0.4, -0.2) is 73.7 Å². The van der Waals surface area contributed by atoms with Crippen LogP contribution in [0.1, 0.15) is 104 Å². The highest BCUT2D eigenvalue weighted by molar-refractivity contribution is 6.74. The molecule has 0 saturated carbocycles. The summed E-state index contributed by atoms with van der Waals surface area (Å²) in [6.07, 6.45) is 9.60. The first-order chi connectivity index (χ1) is 20.9. The Labute approximate surface area is 271 Å². The Bertz CT molecular complexity index is 1200. The van der Waals surface area contributed by atoms with Crippen molar-refractivity contribution >= 4 is 32.3 Å². The zero-order chi connectivity index (χ0) is 34.0. The molecule has 1 aromatic rings. The van der Waals surface area contributed by atoms with Crippen molar-refractivity contribution in [1.82, 2.24) is 15.5 Å². The standard InChI is InChI=1S/C35H55N3O6Si/c1-10-25-17-19-26(20-18-25)28(24-44-45(8,9)35(5,6)7)36-32(42)29-22-27(40)23-38(29)33(43)31(34(2,3)4)37-30(41)16-14-12-11-13-15-21-39/h1,17-21,27-29,31,40H,11-16,22-24H2,2-9H3,(H,36,42)(H,37,41)/t27-,28+,29+,31-/m1/s1. The lowest BCUT2D eigenvalue weighted by Gasteiger charge is -2.38. The quantitative estimate of drug-likeness (QED) is 0.109. The van der Waals surface area contributed by atoms with E-state index in [9.17, 15) is 24.3 Å². The third kappa shape index (κ3) is 11.4. The SMILES string of the molecule is C#Cc1ccc([C@H](CO[Si](C)(C)C(C)(C)C)NC(=O)[C@@H]2C[C@@H](O)CN2C(=O)[C@@H](NC(=O)CCCCCCC=O)C(C)(C)C)cc1. The first-order valence-corrected chi connectivity index (χ1v) is 19.0. The van der Waals surface area contributed by atoms with Gasteiger partial charge in [0.05, 0.1) is 18.8 Å². The summed E-state index contributed by atoms with van der Waals surface area (Å²) in [5.74, 6) is 1.58. The van der Waals surface area contributed by atoms with Gasteiger partial charge in [-0.2, -0.15) is 0 Å². The molecule has 45 heavy (non-hydrogen) atoms. The molecule has 0 bridgehead atoms. The van der Waals surface area contributed by atoms with Gasteiger partial charge in [-0.1, -0.05) is 72.4 Å². The molecular weight excluding hydrogens is 586 g/mol. The molecule has 3 amide bonds. The zero-order valence-electron chi connectivity index (χ0n) is 28.6. The molecule has 0 aliphatic carbocycles. The Kier molecular flexibility index (Phi) is 14.0. The smallest absolute Gasteiger partial charge is 0.246 e. The van der Waals surface area contributed by atoms with Crippen LogP contribution < -0.4 is 10.6 Å². The van der Waals surface area contributed by atoms with Gasteiger partial charge in [-0.15, -0.1) is 6.42 Å². The summed E-state index contributed by atoms with van der Waals surface area (Å²) in [7, 11) is -2.16. The molecule has 250 valence electrons. The van der Waals surface area contributed by atoms with E-state index in [0.717, 1.165) is 36.7 Å². The monoisotopic (exact) mass is 641 g/mol. The maximum absolute atomic E-state index is 14.0. The third-order valence-electron chi connectivity index (χ3n) is 8.97. The Morgan fingerprint density at radius 3 is 2.24 bits per heavy atom. The Morgan fingerprint density at radius 1 is 1.07 bits per heavy atom. The summed E-state index contributed by atoms with van der Waals surface area (Å²) in [6.45, 7) is 16.6. The van der Waals surface area contributed by atoms with Crippen LogP contribution in [0.2, 0.25) is 18.1 Å². The van der Waals surface area contributed by atoms with Crippen molar-refractivity contribution in [3.8, 4) is 12.3 Å². The molecule has 3 N–H and O–H groups in total. The fraction of sp³-hybridized carbons (Fsp3) is 0.657. The molecule has 9 nitrogen and oxygen atoms in total. The maximum atomic E-state index is 14.0. The number of rotatable bonds is 15. The molecule has 1 fully saturated rings. The number of nitrogens with zero attached hydrogens (tertiary/aromatic N) is 1. The Hall–Kier alpha value is -3.00. The number of aliphatic hydroxyl groups excluding tert-OH is 1. The summed E-state index contributed by atoms with van der Waals surface area (Å²) in [5, 5.41) is 16.6. The van der Waals surface area contributed by atoms with Gasteiger partial charge in [0.2, 0.25) is 17.7 Å². The predicted molar refractivity (Wildman–Crippen MR) is 180 cm³/mol. The molecule has 1 heterocycles. The number of hydrogen-bond donors (Lipinski definition) is 3. The van der Waals surface area contributed by atoms with Crippen molar-refractivity contribution in [2.75, 3.05) is 13.2 Å². The highest BCUT2D eigenvalue weighted by Gasteiger charge is 2.45. The van der Waals surface area contributed by atoms with Crippen LogP contribution in [0.15, 0.2) is 24.3 Å². The number of amides is 3. The molecule has 1 aliphatic heterocycles. The van der Waals surface area contributed by atoms with Crippen LogP contribution in [-0.2, 0) is 23.6 Å². The lowest BCUT2D eigenvalue weighted by molar-refractivity contribution is -0.144. The first-order valence-electron chi connectivity index (χ1n) is 16.1. The number of benzene rings is 1. The van der Waals surface area contributed by atoms with Crippen LogP contribution in [0.25, 0.3) is 0 Å². The number of nitrogens with one attached hydrogen (secondary N) is 2. The Morgan fingerprint density at radius 2 is 1.69 bits per heavy atom. The fourth-order valence-electron chi connectivity index (χ4n) is 5.03. The van der Waals surface area contributed by atoms with Gasteiger partial charge in [0.25, 0.3) is 0 Å². The zero-order valence-corrected chi connectivity index (χ0v) is 29.6. The highest BCUT2D eigenvalue weighted by atomic mass is 28.4. The van der Waals surface area contributed by atoms with Gasteiger partial charge in [0, 0.05) is 31.4 Å². The number of aliphatic hydroxyl groups is 1. The average molecular weight is 642 g/mol. The van der Waals surface area contributed by atoms with Crippen molar-refractivity contribution in [2.45, 2.75) is 129 Å². The van der Waals surface area contributed by atoms with E-state index in [1.54, 1.807) is 0 Å². The summed E-state index contributed by atoms with van der Waals surface area (Å²) < 4.78 is 6.50. The van der Waals surface area contributed by atoms with E-state index < -0.39 is 43.9 Å². The summed E-state index contributed by atoms with van der Waals surface area (Å²) in [6, 6.07) is 5.08.